The average molecular weight is 507 g/mol. The number of hydrogen-bond donors (Lipinski definition) is 2. The van der Waals surface area contributed by atoms with Gasteiger partial charge in [0.25, 0.3) is 0 Å². The molecule has 1 aromatic rings. The minimum atomic E-state index is -2.29. The zero-order valence-electron chi connectivity index (χ0n) is 19.7. The Kier molecular flexibility index (Phi) is 5.32. The molecular weight excluding hydrogens is 478 g/mol. The van der Waals surface area contributed by atoms with Crippen LogP contribution in [0, 0.1) is 28.6 Å². The van der Waals surface area contributed by atoms with E-state index in [2.05, 4.69) is 12.6 Å². The number of rotatable bonds is 3. The highest BCUT2D eigenvalue weighted by Gasteiger charge is 2.78. The van der Waals surface area contributed by atoms with Crippen LogP contribution in [0.3, 0.4) is 0 Å². The monoisotopic (exact) mass is 506 g/mol. The van der Waals surface area contributed by atoms with Crippen LogP contribution in [0.25, 0.3) is 0 Å². The second kappa shape index (κ2) is 7.62. The summed E-state index contributed by atoms with van der Waals surface area (Å²) < 4.78 is 43.8. The van der Waals surface area contributed by atoms with Crippen molar-refractivity contribution in [3.63, 3.8) is 0 Å². The number of alkyl halides is 2. The molecule has 0 saturated heterocycles. The lowest BCUT2D eigenvalue weighted by Crippen LogP contribution is -2.70. The van der Waals surface area contributed by atoms with Crippen LogP contribution in [0.1, 0.15) is 50.6 Å². The number of aliphatic hydroxyl groups is 1. The number of carbonyl (C=O) groups excluding carboxylic acids is 3. The number of halogens is 2. The van der Waals surface area contributed by atoms with Crippen LogP contribution in [-0.4, -0.2) is 45.5 Å². The maximum Gasteiger partial charge on any atom is 0.375 e. The third-order valence-electron chi connectivity index (χ3n) is 9.46. The largest absolute Gasteiger partial charge is 0.457 e. The van der Waals surface area contributed by atoms with Crippen molar-refractivity contribution in [3.05, 3.63) is 48.0 Å². The smallest absolute Gasteiger partial charge is 0.375 e. The molecule has 0 aliphatic heterocycles. The topological polar surface area (TPSA) is 93.8 Å². The van der Waals surface area contributed by atoms with Crippen LogP contribution in [0.5, 0.6) is 0 Å². The first-order valence-electron chi connectivity index (χ1n) is 11.8. The molecule has 9 atom stereocenters. The molecule has 4 aliphatic rings. The number of ketones is 1. The second-order valence-electron chi connectivity index (χ2n) is 10.9. The van der Waals surface area contributed by atoms with Crippen molar-refractivity contribution < 1.29 is 37.4 Å². The predicted octanol–water partition coefficient (Wildman–Crippen LogP) is 4.20. The highest BCUT2D eigenvalue weighted by atomic mass is 32.1. The SMILES string of the molecule is C[C@@H]1CC2C3C[C@@H](F)C4=CC(=O)C=C[C@]4(C)[C@]3(F)[C@@H](O)C[C@]2(C)C1(OC(=O)c1ccco1)C(=O)S. The van der Waals surface area contributed by atoms with Gasteiger partial charge in [0.1, 0.15) is 6.17 Å². The number of fused-ring (bicyclic) bond motifs is 5. The summed E-state index contributed by atoms with van der Waals surface area (Å²) in [4.78, 5) is 38.0. The van der Waals surface area contributed by atoms with Crippen LogP contribution in [-0.2, 0) is 14.3 Å². The molecule has 4 aliphatic carbocycles. The van der Waals surface area contributed by atoms with Crippen LogP contribution in [0.2, 0.25) is 0 Å². The molecular formula is C26H28F2O6S. The molecule has 0 bridgehead atoms. The van der Waals surface area contributed by atoms with Crippen LogP contribution in [0.4, 0.5) is 8.78 Å². The predicted molar refractivity (Wildman–Crippen MR) is 124 cm³/mol. The Morgan fingerprint density at radius 2 is 1.97 bits per heavy atom. The second-order valence-corrected chi connectivity index (χ2v) is 11.3. The first kappa shape index (κ1) is 24.4. The van der Waals surface area contributed by atoms with Crippen LogP contribution in [0.15, 0.2) is 46.6 Å². The lowest BCUT2D eigenvalue weighted by Gasteiger charge is -2.63. The van der Waals surface area contributed by atoms with Gasteiger partial charge in [-0.05, 0) is 62.0 Å². The highest BCUT2D eigenvalue weighted by molar-refractivity contribution is 7.96. The zero-order chi connectivity index (χ0) is 25.6. The summed E-state index contributed by atoms with van der Waals surface area (Å²) in [5.74, 6) is -3.57. The van der Waals surface area contributed by atoms with E-state index in [1.165, 1.54) is 37.5 Å². The van der Waals surface area contributed by atoms with Crippen molar-refractivity contribution in [1.29, 1.82) is 0 Å². The fraction of sp³-hybridized carbons (Fsp3) is 0.577. The molecule has 0 radical (unpaired) electrons. The van der Waals surface area contributed by atoms with E-state index in [0.29, 0.717) is 0 Å². The fourth-order valence-corrected chi connectivity index (χ4v) is 8.35. The van der Waals surface area contributed by atoms with E-state index in [1.807, 2.05) is 0 Å². The van der Waals surface area contributed by atoms with Crippen molar-refractivity contribution in [2.24, 2.45) is 28.6 Å². The third-order valence-corrected chi connectivity index (χ3v) is 9.79. The van der Waals surface area contributed by atoms with Crippen molar-refractivity contribution in [2.75, 3.05) is 0 Å². The molecule has 3 unspecified atom stereocenters. The Bertz CT molecular complexity index is 1160. The van der Waals surface area contributed by atoms with Gasteiger partial charge in [0.05, 0.1) is 12.4 Å². The number of aliphatic hydroxyl groups excluding tert-OH is 1. The number of allylic oxidation sites excluding steroid dienone is 4. The molecule has 6 nitrogen and oxygen atoms in total. The van der Waals surface area contributed by atoms with Crippen molar-refractivity contribution in [3.8, 4) is 0 Å². The van der Waals surface area contributed by atoms with E-state index in [1.54, 1.807) is 13.8 Å². The van der Waals surface area contributed by atoms with Gasteiger partial charge in [-0.3, -0.25) is 9.59 Å². The van der Waals surface area contributed by atoms with E-state index < -0.39 is 69.0 Å². The van der Waals surface area contributed by atoms with Crippen molar-refractivity contribution in [2.45, 2.75) is 63.6 Å². The summed E-state index contributed by atoms with van der Waals surface area (Å²) in [6.45, 7) is 4.93. The van der Waals surface area contributed by atoms with Gasteiger partial charge in [-0.15, -0.1) is 12.6 Å². The Morgan fingerprint density at radius 3 is 2.60 bits per heavy atom. The quantitative estimate of drug-likeness (QED) is 0.472. The summed E-state index contributed by atoms with van der Waals surface area (Å²) in [7, 11) is 0. The van der Waals surface area contributed by atoms with E-state index in [4.69, 9.17) is 9.15 Å². The molecule has 1 heterocycles. The molecule has 0 amide bonds. The fourth-order valence-electron chi connectivity index (χ4n) is 7.83. The normalized spacial score (nSPS) is 46.3. The van der Waals surface area contributed by atoms with Gasteiger partial charge < -0.3 is 14.3 Å². The van der Waals surface area contributed by atoms with Gasteiger partial charge in [-0.1, -0.05) is 19.9 Å². The molecule has 0 aromatic carbocycles. The maximum absolute atomic E-state index is 17.3. The molecule has 3 fully saturated rings. The Balaban J connectivity index is 1.62. The minimum absolute atomic E-state index is 0.0261. The zero-order valence-corrected chi connectivity index (χ0v) is 20.6. The molecule has 1 aromatic heterocycles. The first-order valence-corrected chi connectivity index (χ1v) is 12.2. The standard InChI is InChI=1S/C26H28F2O6S/c1-13-9-15-16-11-18(27)17-10-14(29)6-7-23(17,2)25(16,28)20(30)12-24(15,3)26(13,22(32)35)34-21(31)19-5-4-8-33-19/h4-8,10,13,15-16,18,20,30H,9,11-12H2,1-3H3,(H,32,35)/t13-,15?,16?,18-,20+,23+,24+,25-,26?/m1/s1. The van der Waals surface area contributed by atoms with Crippen molar-refractivity contribution in [1.82, 2.24) is 0 Å². The highest BCUT2D eigenvalue weighted by Crippen LogP contribution is 2.71. The number of thiol groups is 1. The molecule has 1 N–H and O–H groups in total. The molecule has 188 valence electrons. The lowest BCUT2D eigenvalue weighted by molar-refractivity contribution is -0.221. The van der Waals surface area contributed by atoms with Gasteiger partial charge in [0.2, 0.25) is 10.9 Å². The van der Waals surface area contributed by atoms with Crippen LogP contribution >= 0.6 is 12.6 Å². The number of ether oxygens (including phenoxy) is 1. The summed E-state index contributed by atoms with van der Waals surface area (Å²) in [6, 6.07) is 2.91. The average Bonchev–Trinajstić information content (AvgIpc) is 3.39. The lowest BCUT2D eigenvalue weighted by atomic mass is 9.44. The number of hydrogen-bond acceptors (Lipinski definition) is 6. The molecule has 0 spiro atoms. The molecule has 35 heavy (non-hydrogen) atoms. The number of esters is 1. The Morgan fingerprint density at radius 1 is 1.26 bits per heavy atom. The summed E-state index contributed by atoms with van der Waals surface area (Å²) in [5, 5.41) is 10.7. The Labute approximate surface area is 207 Å². The third kappa shape index (κ3) is 2.88. The van der Waals surface area contributed by atoms with Gasteiger partial charge in [-0.2, -0.15) is 0 Å². The number of carbonyl (C=O) groups is 3. The van der Waals surface area contributed by atoms with Crippen LogP contribution < -0.4 is 0 Å². The summed E-state index contributed by atoms with van der Waals surface area (Å²) >= 11 is 4.11. The molecule has 9 heteroatoms. The first-order chi connectivity index (χ1) is 16.3. The van der Waals surface area contributed by atoms with E-state index in [-0.39, 0.29) is 30.6 Å². The summed E-state index contributed by atoms with van der Waals surface area (Å²) in [5.41, 5.74) is -6.80. The molecule has 3 saturated carbocycles. The van der Waals surface area contributed by atoms with E-state index in [9.17, 15) is 19.5 Å². The van der Waals surface area contributed by atoms with Gasteiger partial charge in [0.15, 0.2) is 17.1 Å². The van der Waals surface area contributed by atoms with E-state index >= 15 is 8.78 Å². The van der Waals surface area contributed by atoms with Gasteiger partial charge >= 0.3 is 5.97 Å². The Hall–Kier alpha value is -2.26. The number of furan rings is 1. The van der Waals surface area contributed by atoms with Gasteiger partial charge in [-0.25, -0.2) is 13.6 Å². The summed E-state index contributed by atoms with van der Waals surface area (Å²) in [6.07, 6.45) is 1.58. The van der Waals surface area contributed by atoms with E-state index in [0.717, 1.165) is 6.08 Å². The minimum Gasteiger partial charge on any atom is -0.457 e. The van der Waals surface area contributed by atoms with Crippen molar-refractivity contribution >= 4 is 29.5 Å². The van der Waals surface area contributed by atoms with Gasteiger partial charge in [0, 0.05) is 22.7 Å². The molecule has 5 rings (SSSR count). The maximum atomic E-state index is 17.3.